The van der Waals surface area contributed by atoms with E-state index < -0.39 is 10.0 Å². The fourth-order valence-corrected chi connectivity index (χ4v) is 6.68. The lowest BCUT2D eigenvalue weighted by molar-refractivity contribution is 0.0989. The Morgan fingerprint density at radius 3 is 2.64 bits per heavy atom. The van der Waals surface area contributed by atoms with E-state index in [1.165, 1.54) is 0 Å². The largest absolute Gasteiger partial charge is 0.308 e. The second-order valence-electron chi connectivity index (χ2n) is 8.30. The van der Waals surface area contributed by atoms with Gasteiger partial charge in [-0.25, -0.2) is 13.4 Å². The highest BCUT2D eigenvalue weighted by Crippen LogP contribution is 2.33. The molecule has 0 saturated carbocycles. The number of amides is 1. The van der Waals surface area contributed by atoms with Crippen LogP contribution < -0.4 is 4.90 Å². The van der Waals surface area contributed by atoms with Gasteiger partial charge < -0.3 is 4.90 Å². The number of fused-ring (bicyclic) bond motifs is 1. The summed E-state index contributed by atoms with van der Waals surface area (Å²) in [4.78, 5) is 19.8. The van der Waals surface area contributed by atoms with Gasteiger partial charge in [-0.2, -0.15) is 4.31 Å². The van der Waals surface area contributed by atoms with E-state index in [9.17, 15) is 13.2 Å². The fraction of sp³-hybridized carbons (Fsp3) is 0.333. The molecule has 2 aliphatic rings. The van der Waals surface area contributed by atoms with E-state index in [1.54, 1.807) is 45.4 Å². The van der Waals surface area contributed by atoms with Crippen LogP contribution in [0.1, 0.15) is 35.2 Å². The maximum Gasteiger partial charge on any atom is 0.258 e. The maximum absolute atomic E-state index is 13.4. The Balaban J connectivity index is 1.41. The number of thioether (sulfide) groups is 1. The van der Waals surface area contributed by atoms with Gasteiger partial charge in [-0.05, 0) is 67.5 Å². The van der Waals surface area contributed by atoms with Gasteiger partial charge in [0, 0.05) is 49.0 Å². The van der Waals surface area contributed by atoms with Crippen LogP contribution in [0.4, 0.5) is 5.69 Å². The number of benzene rings is 2. The molecule has 0 N–H and O–H groups in total. The third-order valence-electron chi connectivity index (χ3n) is 6.31. The van der Waals surface area contributed by atoms with E-state index >= 15 is 0 Å². The van der Waals surface area contributed by atoms with Gasteiger partial charge in [0.1, 0.15) is 0 Å². The number of carbonyl (C=O) groups is 1. The van der Waals surface area contributed by atoms with Crippen molar-refractivity contribution in [2.75, 3.05) is 30.8 Å². The molecule has 9 heteroatoms. The molecule has 172 valence electrons. The summed E-state index contributed by atoms with van der Waals surface area (Å²) < 4.78 is 29.7. The van der Waals surface area contributed by atoms with Crippen molar-refractivity contribution in [1.29, 1.82) is 0 Å². The van der Waals surface area contributed by atoms with Crippen molar-refractivity contribution in [3.8, 4) is 5.69 Å². The first-order valence-corrected chi connectivity index (χ1v) is 13.8. The van der Waals surface area contributed by atoms with Crippen LogP contribution in [0.5, 0.6) is 0 Å². The minimum atomic E-state index is -3.49. The van der Waals surface area contributed by atoms with Crippen molar-refractivity contribution in [1.82, 2.24) is 13.9 Å². The molecule has 7 nitrogen and oxygen atoms in total. The zero-order valence-corrected chi connectivity index (χ0v) is 20.1. The zero-order valence-electron chi connectivity index (χ0n) is 18.5. The molecule has 1 fully saturated rings. The molecule has 5 rings (SSSR count). The molecule has 0 aliphatic carbocycles. The van der Waals surface area contributed by atoms with Crippen LogP contribution >= 0.6 is 11.8 Å². The van der Waals surface area contributed by atoms with E-state index in [4.69, 9.17) is 0 Å². The quantitative estimate of drug-likeness (QED) is 0.515. The highest BCUT2D eigenvalue weighted by atomic mass is 32.2. The van der Waals surface area contributed by atoms with Gasteiger partial charge >= 0.3 is 0 Å². The third kappa shape index (κ3) is 4.09. The monoisotopic (exact) mass is 482 g/mol. The Bertz CT molecular complexity index is 1300. The van der Waals surface area contributed by atoms with Crippen LogP contribution in [0.15, 0.2) is 64.9 Å². The van der Waals surface area contributed by atoms with Crippen molar-refractivity contribution >= 4 is 33.4 Å². The maximum atomic E-state index is 13.4. The van der Waals surface area contributed by atoms with Gasteiger partial charge in [0.25, 0.3) is 5.91 Å². The van der Waals surface area contributed by atoms with Crippen LogP contribution in [0.2, 0.25) is 0 Å². The second-order valence-corrected chi connectivity index (χ2v) is 11.0. The van der Waals surface area contributed by atoms with Crippen molar-refractivity contribution in [2.45, 2.75) is 35.7 Å². The molecule has 1 saturated heterocycles. The summed E-state index contributed by atoms with van der Waals surface area (Å²) in [5, 5.41) is 0.855. The highest BCUT2D eigenvalue weighted by molar-refractivity contribution is 7.98. The summed E-state index contributed by atoms with van der Waals surface area (Å²) in [6.45, 7) is 1.69. The average Bonchev–Trinajstić information content (AvgIpc) is 3.51. The van der Waals surface area contributed by atoms with E-state index in [2.05, 4.69) is 4.98 Å². The Hall–Kier alpha value is -2.62. The molecule has 2 aliphatic heterocycles. The Kier molecular flexibility index (Phi) is 6.03. The number of piperidine rings is 1. The number of nitrogens with zero attached hydrogens (tertiary/aromatic N) is 4. The van der Waals surface area contributed by atoms with Crippen LogP contribution in [0.3, 0.4) is 0 Å². The number of rotatable bonds is 5. The molecule has 0 atom stereocenters. The Labute approximate surface area is 198 Å². The lowest BCUT2D eigenvalue weighted by atomic mass is 10.1. The summed E-state index contributed by atoms with van der Waals surface area (Å²) in [5.74, 6) is -0.0898. The summed E-state index contributed by atoms with van der Waals surface area (Å²) in [6.07, 6.45) is 9.12. The second kappa shape index (κ2) is 8.96. The number of sulfonamides is 1. The first-order valence-electron chi connectivity index (χ1n) is 11.1. The Morgan fingerprint density at radius 2 is 1.85 bits per heavy atom. The van der Waals surface area contributed by atoms with Crippen LogP contribution in [0, 0.1) is 0 Å². The zero-order chi connectivity index (χ0) is 23.0. The number of aromatic nitrogens is 2. The predicted molar refractivity (Wildman–Crippen MR) is 130 cm³/mol. The summed E-state index contributed by atoms with van der Waals surface area (Å²) in [6, 6.07) is 12.7. The van der Waals surface area contributed by atoms with Gasteiger partial charge in [0.05, 0.1) is 4.90 Å². The molecule has 3 aromatic rings. The topological polar surface area (TPSA) is 75.5 Å². The average molecular weight is 483 g/mol. The summed E-state index contributed by atoms with van der Waals surface area (Å²) >= 11 is 1.54. The first-order chi connectivity index (χ1) is 16.0. The highest BCUT2D eigenvalue weighted by Gasteiger charge is 2.30. The number of carbonyl (C=O) groups excluding carboxylic acids is 1. The molecule has 1 amide bonds. The van der Waals surface area contributed by atoms with Gasteiger partial charge in [0.2, 0.25) is 10.0 Å². The normalized spacial score (nSPS) is 16.7. The van der Waals surface area contributed by atoms with Crippen LogP contribution in [-0.4, -0.2) is 54.1 Å². The molecule has 0 radical (unpaired) electrons. The van der Waals surface area contributed by atoms with Gasteiger partial charge in [-0.15, -0.1) is 0 Å². The molecule has 3 heterocycles. The molecular weight excluding hydrogens is 456 g/mol. The summed E-state index contributed by atoms with van der Waals surface area (Å²) in [7, 11) is -3.49. The number of hydrogen-bond donors (Lipinski definition) is 0. The molecule has 0 unspecified atom stereocenters. The minimum absolute atomic E-state index is 0.0898. The van der Waals surface area contributed by atoms with Crippen LogP contribution in [-0.2, 0) is 16.4 Å². The summed E-state index contributed by atoms with van der Waals surface area (Å²) in [5.41, 5.74) is 3.16. The number of anilines is 1. The van der Waals surface area contributed by atoms with Gasteiger partial charge in [-0.3, -0.25) is 9.36 Å². The molecule has 1 aromatic heterocycles. The lowest BCUT2D eigenvalue weighted by Crippen LogP contribution is -2.35. The van der Waals surface area contributed by atoms with Crippen molar-refractivity contribution in [2.24, 2.45) is 0 Å². The Morgan fingerprint density at radius 1 is 1.03 bits per heavy atom. The van der Waals surface area contributed by atoms with Gasteiger partial charge in [0.15, 0.2) is 5.16 Å². The first kappa shape index (κ1) is 22.2. The molecule has 33 heavy (non-hydrogen) atoms. The van der Waals surface area contributed by atoms with Gasteiger partial charge in [-0.1, -0.05) is 24.2 Å². The van der Waals surface area contributed by atoms with E-state index in [1.807, 2.05) is 41.3 Å². The van der Waals surface area contributed by atoms with Crippen LogP contribution in [0.25, 0.3) is 5.69 Å². The standard InChI is InChI=1S/C24H26N4O3S2/c1-32-24-25-11-15-27(24)20-7-5-6-19(16-20)23(29)28-14-10-18-17-21(8-9-22(18)28)33(30,31)26-12-3-2-4-13-26/h5-9,11,15-17H,2-4,10,12-14H2,1H3. The van der Waals surface area contributed by atoms with Crippen molar-refractivity contribution in [3.63, 3.8) is 0 Å². The number of hydrogen-bond acceptors (Lipinski definition) is 5. The fourth-order valence-electron chi connectivity index (χ4n) is 4.59. The minimum Gasteiger partial charge on any atom is -0.308 e. The van der Waals surface area contributed by atoms with Crippen molar-refractivity contribution < 1.29 is 13.2 Å². The van der Waals surface area contributed by atoms with Crippen molar-refractivity contribution in [3.05, 3.63) is 66.0 Å². The lowest BCUT2D eigenvalue weighted by Gasteiger charge is -2.26. The molecule has 2 aromatic carbocycles. The smallest absolute Gasteiger partial charge is 0.258 e. The predicted octanol–water partition coefficient (Wildman–Crippen LogP) is 3.97. The van der Waals surface area contributed by atoms with E-state index in [-0.39, 0.29) is 5.91 Å². The van der Waals surface area contributed by atoms with E-state index in [0.717, 1.165) is 41.4 Å². The molecule has 0 spiro atoms. The SMILES string of the molecule is CSc1nccn1-c1cccc(C(=O)N2CCc3cc(S(=O)(=O)N4CCCCC4)ccc32)c1. The third-order valence-corrected chi connectivity index (χ3v) is 8.87. The number of imidazole rings is 1. The molecule has 0 bridgehead atoms. The molecular formula is C24H26N4O3S2. The van der Waals surface area contributed by atoms with E-state index in [0.29, 0.717) is 36.5 Å².